The fraction of sp³-hybridized carbons (Fsp3) is 0.219. The molecular weight excluding hydrogens is 578 g/mol. The lowest BCUT2D eigenvalue weighted by molar-refractivity contribution is 0.150. The quantitative estimate of drug-likeness (QED) is 0.162. The van der Waals surface area contributed by atoms with Gasteiger partial charge in [0.1, 0.15) is 17.9 Å². The van der Waals surface area contributed by atoms with Gasteiger partial charge in [-0.2, -0.15) is 0 Å². The van der Waals surface area contributed by atoms with E-state index >= 15 is 0 Å². The number of rotatable bonds is 8. The number of nitrogens with two attached hydrogens (primary N) is 1. The predicted octanol–water partition coefficient (Wildman–Crippen LogP) is 5.73. The van der Waals surface area contributed by atoms with Crippen molar-refractivity contribution in [1.82, 2.24) is 25.3 Å². The maximum atomic E-state index is 12.8. The van der Waals surface area contributed by atoms with Crippen molar-refractivity contribution in [1.29, 1.82) is 0 Å². The lowest BCUT2D eigenvalue weighted by Gasteiger charge is -2.19. The van der Waals surface area contributed by atoms with E-state index < -0.39 is 17.8 Å². The Morgan fingerprint density at radius 2 is 1.69 bits per heavy atom. The van der Waals surface area contributed by atoms with E-state index in [0.717, 1.165) is 10.9 Å². The van der Waals surface area contributed by atoms with Crippen LogP contribution in [0.25, 0.3) is 22.4 Å². The molecule has 0 atom stereocenters. The number of hydrogen-bond acceptors (Lipinski definition) is 11. The molecule has 45 heavy (non-hydrogen) atoms. The van der Waals surface area contributed by atoms with E-state index in [1.807, 2.05) is 13.8 Å². The van der Waals surface area contributed by atoms with Gasteiger partial charge in [-0.15, -0.1) is 20.4 Å². The summed E-state index contributed by atoms with van der Waals surface area (Å²) in [6.45, 7) is 7.97. The summed E-state index contributed by atoms with van der Waals surface area (Å²) in [6, 6.07) is 20.0. The monoisotopic (exact) mass is 611 g/mol. The molecule has 0 aliphatic carbocycles. The highest BCUT2D eigenvalue weighted by molar-refractivity contribution is 5.89. The molecule has 2 aromatic heterocycles. The van der Waals surface area contributed by atoms with Crippen LogP contribution in [0.1, 0.15) is 37.7 Å². The van der Waals surface area contributed by atoms with Gasteiger partial charge in [0.05, 0.1) is 6.54 Å². The molecule has 0 radical (unpaired) electrons. The van der Waals surface area contributed by atoms with Crippen molar-refractivity contribution in [3.05, 3.63) is 100 Å². The number of carbonyl (C=O) groups excluding carboxylic acids is 2. The number of hydrogen-bond donors (Lipinski definition) is 2. The predicted molar refractivity (Wildman–Crippen MR) is 168 cm³/mol. The summed E-state index contributed by atoms with van der Waals surface area (Å²) in [5.41, 5.74) is 8.83. The maximum absolute atomic E-state index is 12.8. The summed E-state index contributed by atoms with van der Waals surface area (Å²) in [5.74, 6) is 0.876. The maximum Gasteiger partial charge on any atom is 0.415 e. The summed E-state index contributed by atoms with van der Waals surface area (Å²) < 4.78 is 16.0. The Morgan fingerprint density at radius 3 is 2.38 bits per heavy atom. The van der Waals surface area contributed by atoms with Crippen molar-refractivity contribution < 1.29 is 23.5 Å². The Labute approximate surface area is 259 Å². The van der Waals surface area contributed by atoms with Crippen LogP contribution in [0.2, 0.25) is 0 Å². The van der Waals surface area contributed by atoms with Gasteiger partial charge < -0.3 is 24.5 Å². The highest BCUT2D eigenvalue weighted by atomic mass is 16.6. The Morgan fingerprint density at radius 1 is 0.956 bits per heavy atom. The number of ether oxygens (including phenoxy) is 2. The molecule has 13 nitrogen and oxygen atoms in total. The van der Waals surface area contributed by atoms with Gasteiger partial charge in [-0.05, 0) is 61.4 Å². The number of nitrogen functional groups attached to an aromatic ring is 1. The third-order valence-electron chi connectivity index (χ3n) is 6.33. The SMILES string of the molecule is CC.CCN(Cc1nnc(-c2cccc(N)c2)nn1)C(=O)Oc1ccc(COC(=O)Nc2ccc3c(C)cc(=O)oc3c2)cc1. The van der Waals surface area contributed by atoms with Gasteiger partial charge >= 0.3 is 17.8 Å². The largest absolute Gasteiger partial charge is 0.444 e. The minimum atomic E-state index is -0.685. The molecule has 0 saturated carbocycles. The van der Waals surface area contributed by atoms with Crippen molar-refractivity contribution in [3.63, 3.8) is 0 Å². The van der Waals surface area contributed by atoms with Crippen LogP contribution in [0, 0.1) is 6.92 Å². The van der Waals surface area contributed by atoms with Gasteiger partial charge in [0, 0.05) is 41.0 Å². The molecule has 5 aromatic rings. The summed E-state index contributed by atoms with van der Waals surface area (Å²) in [4.78, 5) is 38.1. The number of aromatic nitrogens is 4. The van der Waals surface area contributed by atoms with E-state index in [0.29, 0.717) is 46.2 Å². The summed E-state index contributed by atoms with van der Waals surface area (Å²) in [5, 5.41) is 19.7. The molecule has 13 heteroatoms. The summed E-state index contributed by atoms with van der Waals surface area (Å²) in [7, 11) is 0. The van der Waals surface area contributed by atoms with Gasteiger partial charge in [0.25, 0.3) is 0 Å². The molecule has 0 saturated heterocycles. The number of aryl methyl sites for hydroxylation is 1. The average Bonchev–Trinajstić information content (AvgIpc) is 3.04. The van der Waals surface area contributed by atoms with Crippen LogP contribution in [0.4, 0.5) is 21.0 Å². The second-order valence-electron chi connectivity index (χ2n) is 9.45. The Bertz CT molecular complexity index is 1830. The molecule has 5 rings (SSSR count). The first kappa shape index (κ1) is 32.1. The van der Waals surface area contributed by atoms with E-state index in [4.69, 9.17) is 19.6 Å². The first-order valence-corrected chi connectivity index (χ1v) is 14.2. The molecule has 0 bridgehead atoms. The molecule has 0 fully saturated rings. The number of fused-ring (bicyclic) bond motifs is 1. The zero-order chi connectivity index (χ0) is 32.3. The molecule has 0 spiro atoms. The fourth-order valence-electron chi connectivity index (χ4n) is 4.11. The lowest BCUT2D eigenvalue weighted by atomic mass is 10.1. The second kappa shape index (κ2) is 15.0. The zero-order valence-electron chi connectivity index (χ0n) is 25.3. The minimum absolute atomic E-state index is 0.0220. The van der Waals surface area contributed by atoms with E-state index in [-0.39, 0.29) is 19.0 Å². The van der Waals surface area contributed by atoms with Crippen molar-refractivity contribution >= 4 is 34.5 Å². The van der Waals surface area contributed by atoms with E-state index in [1.165, 1.54) is 11.0 Å². The Hall–Kier alpha value is -5.85. The normalized spacial score (nSPS) is 10.4. The van der Waals surface area contributed by atoms with E-state index in [9.17, 15) is 14.4 Å². The third-order valence-corrected chi connectivity index (χ3v) is 6.33. The van der Waals surface area contributed by atoms with Crippen molar-refractivity contribution in [2.45, 2.75) is 40.8 Å². The summed E-state index contributed by atoms with van der Waals surface area (Å²) >= 11 is 0. The lowest BCUT2D eigenvalue weighted by Crippen LogP contribution is -2.33. The van der Waals surface area contributed by atoms with Crippen LogP contribution in [0.3, 0.4) is 0 Å². The number of nitrogens with one attached hydrogen (secondary N) is 1. The molecule has 2 heterocycles. The molecule has 3 aromatic carbocycles. The van der Waals surface area contributed by atoms with Gasteiger partial charge in [0.2, 0.25) is 5.82 Å². The van der Waals surface area contributed by atoms with Crippen LogP contribution < -0.4 is 21.4 Å². The molecule has 2 amide bonds. The first-order chi connectivity index (χ1) is 21.8. The molecular formula is C32H33N7O6. The van der Waals surface area contributed by atoms with Gasteiger partial charge in [-0.3, -0.25) is 5.32 Å². The number of amides is 2. The number of benzene rings is 3. The second-order valence-corrected chi connectivity index (χ2v) is 9.45. The van der Waals surface area contributed by atoms with Crippen molar-refractivity contribution in [2.75, 3.05) is 17.6 Å². The smallest absolute Gasteiger partial charge is 0.415 e. The van der Waals surface area contributed by atoms with Gasteiger partial charge in [0.15, 0.2) is 5.82 Å². The molecule has 0 aliphatic heterocycles. The Kier molecular flexibility index (Phi) is 10.7. The van der Waals surface area contributed by atoms with Crippen molar-refractivity contribution in [3.8, 4) is 17.1 Å². The van der Waals surface area contributed by atoms with E-state index in [2.05, 4.69) is 25.7 Å². The number of anilines is 2. The zero-order valence-corrected chi connectivity index (χ0v) is 25.3. The summed E-state index contributed by atoms with van der Waals surface area (Å²) in [6.07, 6.45) is -1.29. The average molecular weight is 612 g/mol. The van der Waals surface area contributed by atoms with Gasteiger partial charge in [-0.1, -0.05) is 38.1 Å². The van der Waals surface area contributed by atoms with Crippen LogP contribution in [0.5, 0.6) is 5.75 Å². The third kappa shape index (κ3) is 8.60. The number of nitrogens with zero attached hydrogens (tertiary/aromatic N) is 5. The molecule has 232 valence electrons. The molecule has 3 N–H and O–H groups in total. The first-order valence-electron chi connectivity index (χ1n) is 14.2. The number of carbonyl (C=O) groups is 2. The van der Waals surface area contributed by atoms with Crippen LogP contribution in [-0.4, -0.2) is 44.0 Å². The highest BCUT2D eigenvalue weighted by Crippen LogP contribution is 2.21. The minimum Gasteiger partial charge on any atom is -0.444 e. The Balaban J connectivity index is 0.00000226. The van der Waals surface area contributed by atoms with E-state index in [1.54, 1.807) is 80.6 Å². The molecule has 0 unspecified atom stereocenters. The van der Waals surface area contributed by atoms with Gasteiger partial charge in [-0.25, -0.2) is 14.4 Å². The van der Waals surface area contributed by atoms with Crippen molar-refractivity contribution in [2.24, 2.45) is 0 Å². The van der Waals surface area contributed by atoms with Crippen LogP contribution in [-0.2, 0) is 17.9 Å². The topological polar surface area (TPSA) is 176 Å². The molecule has 0 aliphatic rings. The van der Waals surface area contributed by atoms with Crippen LogP contribution >= 0.6 is 0 Å². The standard InChI is InChI=1S/C30H27N7O6.C2H6/c1-3-37(16-26-33-35-28(36-34-26)20-5-4-6-21(31)14-20)30(40)42-23-10-7-19(8-11-23)17-41-29(39)32-22-9-12-24-18(2)13-27(38)43-25(24)15-22;1-2/h4-15H,3,16-17,31H2,1-2H3,(H,32,39);1-2H3. The van der Waals surface area contributed by atoms with Crippen LogP contribution in [0.15, 0.2) is 82.0 Å². The fourth-order valence-corrected chi connectivity index (χ4v) is 4.11. The highest BCUT2D eigenvalue weighted by Gasteiger charge is 2.17.